The van der Waals surface area contributed by atoms with Gasteiger partial charge in [0.25, 0.3) is 5.69 Å². The molecule has 0 saturated heterocycles. The van der Waals surface area contributed by atoms with E-state index in [4.69, 9.17) is 5.73 Å². The molecule has 0 aliphatic carbocycles. The highest BCUT2D eigenvalue weighted by molar-refractivity contribution is 8.14. The second-order valence-corrected chi connectivity index (χ2v) is 7.75. The molecule has 0 bridgehead atoms. The minimum atomic E-state index is -0.405. The van der Waals surface area contributed by atoms with Gasteiger partial charge in [-0.1, -0.05) is 44.7 Å². The van der Waals surface area contributed by atoms with Crippen LogP contribution in [0.2, 0.25) is 0 Å². The Labute approximate surface area is 149 Å². The van der Waals surface area contributed by atoms with E-state index < -0.39 is 4.92 Å². The van der Waals surface area contributed by atoms with Gasteiger partial charge in [-0.15, -0.1) is 0 Å². The number of rotatable bonds is 3. The first kappa shape index (κ1) is 17.2. The molecular formula is C16H18N6O2S. The fraction of sp³-hybridized carbons (Fsp3) is 0.312. The number of non-ortho nitro benzene ring substituents is 1. The summed E-state index contributed by atoms with van der Waals surface area (Å²) < 4.78 is 1.66. The molecule has 1 atom stereocenters. The van der Waals surface area contributed by atoms with Gasteiger partial charge < -0.3 is 5.73 Å². The molecule has 2 aromatic rings. The first-order valence-corrected chi connectivity index (χ1v) is 8.50. The maximum absolute atomic E-state index is 11.1. The molecule has 9 heteroatoms. The lowest BCUT2D eigenvalue weighted by molar-refractivity contribution is -0.384. The van der Waals surface area contributed by atoms with Crippen molar-refractivity contribution < 1.29 is 4.92 Å². The minimum absolute atomic E-state index is 0.0365. The van der Waals surface area contributed by atoms with Gasteiger partial charge in [-0.3, -0.25) is 10.1 Å². The number of nitrogens with zero attached hydrogens (tertiary/aromatic N) is 5. The van der Waals surface area contributed by atoms with E-state index in [1.165, 1.54) is 24.2 Å². The van der Waals surface area contributed by atoms with Gasteiger partial charge in [0.1, 0.15) is 12.7 Å². The lowest BCUT2D eigenvalue weighted by Gasteiger charge is -2.31. The molecule has 8 nitrogen and oxygen atoms in total. The number of thioether (sulfide) groups is 1. The highest BCUT2D eigenvalue weighted by Gasteiger charge is 2.34. The average Bonchev–Trinajstić information content (AvgIpc) is 3.07. The van der Waals surface area contributed by atoms with Crippen molar-refractivity contribution in [2.24, 2.45) is 16.1 Å². The van der Waals surface area contributed by atoms with Crippen LogP contribution in [-0.4, -0.2) is 24.9 Å². The van der Waals surface area contributed by atoms with Crippen LogP contribution in [0.15, 0.2) is 47.6 Å². The van der Waals surface area contributed by atoms with Crippen molar-refractivity contribution in [1.82, 2.24) is 14.8 Å². The summed E-state index contributed by atoms with van der Waals surface area (Å²) in [6, 6.07) is 6.55. The molecule has 0 fully saturated rings. The van der Waals surface area contributed by atoms with E-state index in [2.05, 4.69) is 15.1 Å². The third kappa shape index (κ3) is 3.41. The Morgan fingerprint density at radius 3 is 2.72 bits per heavy atom. The predicted molar refractivity (Wildman–Crippen MR) is 97.7 cm³/mol. The summed E-state index contributed by atoms with van der Waals surface area (Å²) in [6.45, 7) is 6.11. The number of nitro groups is 1. The summed E-state index contributed by atoms with van der Waals surface area (Å²) in [4.78, 5) is 19.3. The Morgan fingerprint density at radius 2 is 2.12 bits per heavy atom. The van der Waals surface area contributed by atoms with Crippen molar-refractivity contribution in [1.29, 1.82) is 0 Å². The fourth-order valence-electron chi connectivity index (χ4n) is 2.64. The molecule has 1 aliphatic rings. The Kier molecular flexibility index (Phi) is 4.34. The van der Waals surface area contributed by atoms with E-state index in [-0.39, 0.29) is 16.4 Å². The Balaban J connectivity index is 2.22. The van der Waals surface area contributed by atoms with Crippen LogP contribution in [0.3, 0.4) is 0 Å². The van der Waals surface area contributed by atoms with Crippen LogP contribution in [-0.2, 0) is 0 Å². The van der Waals surface area contributed by atoms with E-state index in [0.29, 0.717) is 5.17 Å². The van der Waals surface area contributed by atoms with Crippen molar-refractivity contribution in [3.8, 4) is 0 Å². The van der Waals surface area contributed by atoms with Crippen LogP contribution in [0.25, 0.3) is 5.70 Å². The van der Waals surface area contributed by atoms with Crippen LogP contribution in [0.1, 0.15) is 31.6 Å². The van der Waals surface area contributed by atoms with Gasteiger partial charge in [0.05, 0.1) is 21.6 Å². The number of nitrogens with two attached hydrogens (primary N) is 1. The third-order valence-corrected chi connectivity index (χ3v) is 4.78. The Morgan fingerprint density at radius 1 is 1.36 bits per heavy atom. The molecule has 1 aromatic heterocycles. The zero-order valence-corrected chi connectivity index (χ0v) is 14.9. The molecule has 1 unspecified atom stereocenters. The largest absolute Gasteiger partial charge is 0.378 e. The van der Waals surface area contributed by atoms with Crippen molar-refractivity contribution >= 4 is 28.3 Å². The maximum Gasteiger partial charge on any atom is 0.269 e. The zero-order chi connectivity index (χ0) is 18.2. The maximum atomic E-state index is 11.1. The monoisotopic (exact) mass is 358 g/mol. The normalized spacial score (nSPS) is 18.2. The van der Waals surface area contributed by atoms with Crippen LogP contribution in [0.5, 0.6) is 0 Å². The SMILES string of the molecule is CC(C)(C)C1=C(n2cncn2)C(c2cccc([N+](=O)[O-])c2)SC(N)=N1. The van der Waals surface area contributed by atoms with Gasteiger partial charge in [-0.2, -0.15) is 5.10 Å². The number of benzene rings is 1. The second-order valence-electron chi connectivity index (χ2n) is 6.62. The highest BCUT2D eigenvalue weighted by Crippen LogP contribution is 2.47. The van der Waals surface area contributed by atoms with E-state index >= 15 is 0 Å². The van der Waals surface area contributed by atoms with Gasteiger partial charge in [0, 0.05) is 17.5 Å². The smallest absolute Gasteiger partial charge is 0.269 e. The summed E-state index contributed by atoms with van der Waals surface area (Å²) in [5, 5.41) is 15.5. The van der Waals surface area contributed by atoms with E-state index in [1.54, 1.807) is 23.1 Å². The molecule has 2 N–H and O–H groups in total. The Hall–Kier alpha value is -2.68. The van der Waals surface area contributed by atoms with Gasteiger partial charge in [-0.25, -0.2) is 14.7 Å². The summed E-state index contributed by atoms with van der Waals surface area (Å²) in [6.07, 6.45) is 3.05. The van der Waals surface area contributed by atoms with Crippen molar-refractivity contribution in [2.45, 2.75) is 26.0 Å². The number of amidine groups is 1. The van der Waals surface area contributed by atoms with Crippen LogP contribution >= 0.6 is 11.8 Å². The van der Waals surface area contributed by atoms with E-state index in [9.17, 15) is 10.1 Å². The molecule has 2 heterocycles. The molecule has 3 rings (SSSR count). The summed E-state index contributed by atoms with van der Waals surface area (Å²) in [5.74, 6) is 0. The van der Waals surface area contributed by atoms with E-state index in [0.717, 1.165) is 17.0 Å². The molecule has 0 radical (unpaired) electrons. The predicted octanol–water partition coefficient (Wildman–Crippen LogP) is 3.20. The van der Waals surface area contributed by atoms with Gasteiger partial charge in [-0.05, 0) is 5.56 Å². The fourth-order valence-corrected chi connectivity index (χ4v) is 3.63. The topological polar surface area (TPSA) is 112 Å². The summed E-state index contributed by atoms with van der Waals surface area (Å²) in [7, 11) is 0. The average molecular weight is 358 g/mol. The lowest BCUT2D eigenvalue weighted by atomic mass is 9.89. The summed E-state index contributed by atoms with van der Waals surface area (Å²) in [5.41, 5.74) is 8.17. The van der Waals surface area contributed by atoms with Crippen molar-refractivity contribution in [3.63, 3.8) is 0 Å². The number of aliphatic imine (C=N–C) groups is 1. The molecule has 0 spiro atoms. The van der Waals surface area contributed by atoms with Gasteiger partial charge in [0.15, 0.2) is 5.17 Å². The number of hydrogen-bond acceptors (Lipinski definition) is 7. The van der Waals surface area contributed by atoms with Crippen LogP contribution < -0.4 is 5.73 Å². The first-order chi connectivity index (χ1) is 11.8. The quantitative estimate of drug-likeness (QED) is 0.666. The van der Waals surface area contributed by atoms with E-state index in [1.807, 2.05) is 26.8 Å². The molecular weight excluding hydrogens is 340 g/mol. The molecule has 0 saturated carbocycles. The molecule has 1 aromatic carbocycles. The number of hydrogen-bond donors (Lipinski definition) is 1. The highest BCUT2D eigenvalue weighted by atomic mass is 32.2. The van der Waals surface area contributed by atoms with Crippen molar-refractivity contribution in [3.05, 3.63) is 58.3 Å². The second kappa shape index (κ2) is 6.32. The van der Waals surface area contributed by atoms with Crippen LogP contribution in [0, 0.1) is 15.5 Å². The minimum Gasteiger partial charge on any atom is -0.378 e. The first-order valence-electron chi connectivity index (χ1n) is 7.62. The molecule has 25 heavy (non-hydrogen) atoms. The van der Waals surface area contributed by atoms with Crippen molar-refractivity contribution in [2.75, 3.05) is 0 Å². The third-order valence-electron chi connectivity index (χ3n) is 3.71. The number of nitro benzene ring substituents is 1. The number of allylic oxidation sites excluding steroid dienone is 1. The molecule has 130 valence electrons. The number of aromatic nitrogens is 3. The molecule has 1 aliphatic heterocycles. The zero-order valence-electron chi connectivity index (χ0n) is 14.1. The molecule has 0 amide bonds. The summed E-state index contributed by atoms with van der Waals surface area (Å²) >= 11 is 1.34. The van der Waals surface area contributed by atoms with Gasteiger partial charge in [0.2, 0.25) is 0 Å². The Bertz CT molecular complexity index is 867. The standard InChI is InChI=1S/C16H18N6O2S/c1-16(2,3)14-12(21-9-18-8-19-21)13(25-15(17)20-14)10-5-4-6-11(7-10)22(23)24/h4-9,13H,1-3H3,(H2,17,20). The van der Waals surface area contributed by atoms with Crippen LogP contribution in [0.4, 0.5) is 5.69 Å². The lowest BCUT2D eigenvalue weighted by Crippen LogP contribution is -2.24. The van der Waals surface area contributed by atoms with Gasteiger partial charge >= 0.3 is 0 Å².